The number of rotatable bonds is 3. The van der Waals surface area contributed by atoms with Crippen LogP contribution in [-0.2, 0) is 4.79 Å². The molecule has 0 bridgehead atoms. The number of carbonyl (C=O) groups is 2. The van der Waals surface area contributed by atoms with Crippen LogP contribution >= 0.6 is 0 Å². The summed E-state index contributed by atoms with van der Waals surface area (Å²) in [6.07, 6.45) is -1.68. The molecule has 126 valence electrons. The van der Waals surface area contributed by atoms with E-state index in [4.69, 9.17) is 5.73 Å². The van der Waals surface area contributed by atoms with Crippen molar-refractivity contribution in [1.82, 2.24) is 4.90 Å². The molecular formula is C14H13F5N2O2. The first kappa shape index (κ1) is 17.2. The first-order valence-corrected chi connectivity index (χ1v) is 6.79. The lowest BCUT2D eigenvalue weighted by Crippen LogP contribution is -2.43. The van der Waals surface area contributed by atoms with E-state index in [1.165, 1.54) is 0 Å². The lowest BCUT2D eigenvalue weighted by atomic mass is 9.91. The summed E-state index contributed by atoms with van der Waals surface area (Å²) in [6.45, 7) is -0.0888. The average molecular weight is 336 g/mol. The molecule has 0 saturated carbocycles. The maximum Gasteiger partial charge on any atom is 0.257 e. The molecule has 4 nitrogen and oxygen atoms in total. The highest BCUT2D eigenvalue weighted by molar-refractivity contribution is 5.94. The van der Waals surface area contributed by atoms with Gasteiger partial charge in [-0.2, -0.15) is 0 Å². The Hall–Kier alpha value is -2.19. The van der Waals surface area contributed by atoms with Crippen LogP contribution in [0.15, 0.2) is 6.07 Å². The molecule has 0 radical (unpaired) electrons. The quantitative estimate of drug-likeness (QED) is 0.521. The fraction of sp³-hybridized carbons (Fsp3) is 0.429. The highest BCUT2D eigenvalue weighted by Crippen LogP contribution is 2.25. The third-order valence-electron chi connectivity index (χ3n) is 3.85. The number of likely N-dealkylation sites (tertiary alicyclic amines) is 1. The molecule has 23 heavy (non-hydrogen) atoms. The van der Waals surface area contributed by atoms with Gasteiger partial charge in [-0.05, 0) is 18.9 Å². The van der Waals surface area contributed by atoms with Gasteiger partial charge in [-0.15, -0.1) is 0 Å². The van der Waals surface area contributed by atoms with Crippen LogP contribution in [0.3, 0.4) is 0 Å². The van der Waals surface area contributed by atoms with E-state index in [0.717, 1.165) is 4.90 Å². The minimum Gasteiger partial charge on any atom is -0.367 e. The number of halogens is 5. The molecule has 2 amide bonds. The SMILES string of the molecule is NC(=O)[C@H](F)C1CCN(C(=O)c2cc(F)c(F)c(F)c2F)CC1. The number of hydrogen-bond donors (Lipinski definition) is 1. The van der Waals surface area contributed by atoms with Crippen LogP contribution in [0.4, 0.5) is 22.0 Å². The highest BCUT2D eigenvalue weighted by Gasteiger charge is 2.33. The van der Waals surface area contributed by atoms with Gasteiger partial charge in [0, 0.05) is 19.0 Å². The summed E-state index contributed by atoms with van der Waals surface area (Å²) in [5.41, 5.74) is 3.92. The highest BCUT2D eigenvalue weighted by atomic mass is 19.2. The normalized spacial score (nSPS) is 17.2. The van der Waals surface area contributed by atoms with E-state index in [0.29, 0.717) is 0 Å². The van der Waals surface area contributed by atoms with Gasteiger partial charge in [0.15, 0.2) is 29.4 Å². The van der Waals surface area contributed by atoms with Crippen LogP contribution in [0.5, 0.6) is 0 Å². The van der Waals surface area contributed by atoms with E-state index < -0.39 is 52.7 Å². The van der Waals surface area contributed by atoms with E-state index in [1.54, 1.807) is 0 Å². The molecule has 0 aromatic heterocycles. The fourth-order valence-corrected chi connectivity index (χ4v) is 2.53. The number of benzene rings is 1. The Morgan fingerprint density at radius 2 is 1.65 bits per heavy atom. The van der Waals surface area contributed by atoms with Crippen LogP contribution in [0.2, 0.25) is 0 Å². The Bertz CT molecular complexity index is 645. The van der Waals surface area contributed by atoms with Crippen LogP contribution < -0.4 is 5.73 Å². The van der Waals surface area contributed by atoms with Crippen molar-refractivity contribution in [3.63, 3.8) is 0 Å². The van der Waals surface area contributed by atoms with Crippen molar-refractivity contribution in [2.75, 3.05) is 13.1 Å². The Morgan fingerprint density at radius 3 is 2.17 bits per heavy atom. The van der Waals surface area contributed by atoms with Crippen molar-refractivity contribution in [3.05, 3.63) is 34.9 Å². The average Bonchev–Trinajstić information content (AvgIpc) is 2.55. The number of amides is 2. The maximum absolute atomic E-state index is 13.6. The van der Waals surface area contributed by atoms with Gasteiger partial charge >= 0.3 is 0 Å². The molecule has 1 aromatic rings. The Labute approximate surface area is 128 Å². The van der Waals surface area contributed by atoms with E-state index >= 15 is 0 Å². The van der Waals surface area contributed by atoms with Crippen LogP contribution in [0.25, 0.3) is 0 Å². The van der Waals surface area contributed by atoms with E-state index in [9.17, 15) is 31.5 Å². The Morgan fingerprint density at radius 1 is 1.09 bits per heavy atom. The molecule has 2 N–H and O–H groups in total. The fourth-order valence-electron chi connectivity index (χ4n) is 2.53. The number of primary amides is 1. The molecule has 0 unspecified atom stereocenters. The van der Waals surface area contributed by atoms with Crippen molar-refractivity contribution < 1.29 is 31.5 Å². The molecular weight excluding hydrogens is 323 g/mol. The Kier molecular flexibility index (Phi) is 4.86. The van der Waals surface area contributed by atoms with Crippen molar-refractivity contribution in [3.8, 4) is 0 Å². The summed E-state index contributed by atoms with van der Waals surface area (Å²) in [7, 11) is 0. The van der Waals surface area contributed by atoms with Gasteiger partial charge in [0.2, 0.25) is 0 Å². The number of carbonyl (C=O) groups excluding carboxylic acids is 2. The molecule has 1 aliphatic rings. The number of alkyl halides is 1. The van der Waals surface area contributed by atoms with Crippen molar-refractivity contribution in [2.24, 2.45) is 11.7 Å². The van der Waals surface area contributed by atoms with Crippen molar-refractivity contribution >= 4 is 11.8 Å². The molecule has 1 atom stereocenters. The second kappa shape index (κ2) is 6.51. The second-order valence-electron chi connectivity index (χ2n) is 5.28. The van der Waals surface area contributed by atoms with Gasteiger partial charge in [-0.3, -0.25) is 9.59 Å². The van der Waals surface area contributed by atoms with Crippen molar-refractivity contribution in [2.45, 2.75) is 19.0 Å². The standard InChI is InChI=1S/C14H13F5N2O2/c15-8-5-7(10(17)12(19)11(8)18)14(23)21-3-1-6(2-4-21)9(16)13(20)22/h5-6,9H,1-4H2,(H2,20,22)/t9-/m1/s1. The minimum atomic E-state index is -2.07. The van der Waals surface area contributed by atoms with Gasteiger partial charge < -0.3 is 10.6 Å². The first-order chi connectivity index (χ1) is 10.7. The zero-order chi connectivity index (χ0) is 17.3. The molecule has 9 heteroatoms. The van der Waals surface area contributed by atoms with Gasteiger partial charge in [-0.1, -0.05) is 0 Å². The Balaban J connectivity index is 2.13. The first-order valence-electron chi connectivity index (χ1n) is 6.79. The number of nitrogens with zero attached hydrogens (tertiary/aromatic N) is 1. The molecule has 0 aliphatic carbocycles. The van der Waals surface area contributed by atoms with E-state index in [1.807, 2.05) is 0 Å². The molecule has 0 spiro atoms. The maximum atomic E-state index is 13.6. The molecule has 1 saturated heterocycles. The summed E-state index contributed by atoms with van der Waals surface area (Å²) in [6, 6.07) is 0.281. The zero-order valence-corrected chi connectivity index (χ0v) is 11.8. The van der Waals surface area contributed by atoms with E-state index in [-0.39, 0.29) is 32.0 Å². The summed E-state index contributed by atoms with van der Waals surface area (Å²) >= 11 is 0. The zero-order valence-electron chi connectivity index (χ0n) is 11.8. The van der Waals surface area contributed by atoms with Gasteiger partial charge in [0.05, 0.1) is 5.56 Å². The lowest BCUT2D eigenvalue weighted by molar-refractivity contribution is -0.125. The molecule has 1 heterocycles. The summed E-state index contributed by atoms with van der Waals surface area (Å²) in [5.74, 6) is -10.4. The second-order valence-corrected chi connectivity index (χ2v) is 5.28. The van der Waals surface area contributed by atoms with Gasteiger partial charge in [-0.25, -0.2) is 22.0 Å². The van der Waals surface area contributed by atoms with Crippen LogP contribution in [-0.4, -0.2) is 36.0 Å². The predicted octanol–water partition coefficient (Wildman–Crippen LogP) is 1.92. The lowest BCUT2D eigenvalue weighted by Gasteiger charge is -2.32. The number of nitrogens with two attached hydrogens (primary N) is 1. The molecule has 1 fully saturated rings. The third-order valence-corrected chi connectivity index (χ3v) is 3.85. The van der Waals surface area contributed by atoms with Crippen molar-refractivity contribution in [1.29, 1.82) is 0 Å². The summed E-state index contributed by atoms with van der Waals surface area (Å²) < 4.78 is 66.3. The molecule has 1 aliphatic heterocycles. The van der Waals surface area contributed by atoms with Gasteiger partial charge in [0.25, 0.3) is 11.8 Å². The topological polar surface area (TPSA) is 63.4 Å². The van der Waals surface area contributed by atoms with Crippen LogP contribution in [0, 0.1) is 29.2 Å². The van der Waals surface area contributed by atoms with Crippen LogP contribution in [0.1, 0.15) is 23.2 Å². The summed E-state index contributed by atoms with van der Waals surface area (Å²) in [4.78, 5) is 23.9. The largest absolute Gasteiger partial charge is 0.367 e. The smallest absolute Gasteiger partial charge is 0.257 e. The monoisotopic (exact) mass is 336 g/mol. The number of hydrogen-bond acceptors (Lipinski definition) is 2. The summed E-state index contributed by atoms with van der Waals surface area (Å²) in [5, 5.41) is 0. The third kappa shape index (κ3) is 3.27. The van der Waals surface area contributed by atoms with E-state index in [2.05, 4.69) is 0 Å². The minimum absolute atomic E-state index is 0.0444. The predicted molar refractivity (Wildman–Crippen MR) is 69.0 cm³/mol. The van der Waals surface area contributed by atoms with Gasteiger partial charge in [0.1, 0.15) is 0 Å². The molecule has 2 rings (SSSR count). The number of piperidine rings is 1. The molecule has 1 aromatic carbocycles.